The zero-order chi connectivity index (χ0) is 15.4. The minimum atomic E-state index is -0.191. The first kappa shape index (κ1) is 16.3. The topological polar surface area (TPSA) is 66.5 Å². The molecule has 1 N–H and O–H groups in total. The summed E-state index contributed by atoms with van der Waals surface area (Å²) in [5.74, 6) is 0.532. The fraction of sp³-hybridized carbons (Fsp3) is 0.800. The maximum absolute atomic E-state index is 12.1. The molecule has 0 aromatic carbocycles. The van der Waals surface area contributed by atoms with Crippen LogP contribution in [0.1, 0.15) is 39.0 Å². The number of thioether (sulfide) groups is 1. The Labute approximate surface area is 130 Å². The summed E-state index contributed by atoms with van der Waals surface area (Å²) in [6.07, 6.45) is 5.77. The van der Waals surface area contributed by atoms with Crippen molar-refractivity contribution in [3.63, 3.8) is 0 Å². The Morgan fingerprint density at radius 3 is 2.48 bits per heavy atom. The molecule has 0 aromatic heterocycles. The van der Waals surface area contributed by atoms with Crippen LogP contribution in [0.2, 0.25) is 0 Å². The van der Waals surface area contributed by atoms with Crippen LogP contribution in [-0.2, 0) is 14.4 Å². The molecule has 3 amide bonds. The van der Waals surface area contributed by atoms with Crippen molar-refractivity contribution in [3.05, 3.63) is 0 Å². The van der Waals surface area contributed by atoms with Crippen molar-refractivity contribution < 1.29 is 14.4 Å². The third kappa shape index (κ3) is 3.78. The van der Waals surface area contributed by atoms with Crippen LogP contribution in [-0.4, -0.2) is 47.2 Å². The molecule has 21 heavy (non-hydrogen) atoms. The largest absolute Gasteiger partial charge is 0.356 e. The summed E-state index contributed by atoms with van der Waals surface area (Å²) in [6.45, 7) is 3.14. The van der Waals surface area contributed by atoms with Gasteiger partial charge in [0.1, 0.15) is 0 Å². The van der Waals surface area contributed by atoms with E-state index in [4.69, 9.17) is 0 Å². The average Bonchev–Trinajstić information content (AvgIpc) is 2.75. The first-order valence-corrected chi connectivity index (χ1v) is 9.00. The van der Waals surface area contributed by atoms with Crippen molar-refractivity contribution >= 4 is 29.5 Å². The Hall–Kier alpha value is -1.04. The van der Waals surface area contributed by atoms with E-state index in [9.17, 15) is 14.4 Å². The van der Waals surface area contributed by atoms with E-state index in [0.717, 1.165) is 25.7 Å². The summed E-state index contributed by atoms with van der Waals surface area (Å²) in [5.41, 5.74) is 0. The molecule has 1 atom stereocenters. The highest BCUT2D eigenvalue weighted by molar-refractivity contribution is 8.00. The second-order valence-electron chi connectivity index (χ2n) is 5.88. The van der Waals surface area contributed by atoms with E-state index in [1.165, 1.54) is 16.7 Å². The molecule has 0 radical (unpaired) electrons. The highest BCUT2D eigenvalue weighted by Gasteiger charge is 2.39. The van der Waals surface area contributed by atoms with Gasteiger partial charge in [-0.25, -0.2) is 0 Å². The molecule has 118 valence electrons. The Kier molecular flexibility index (Phi) is 5.67. The molecule has 1 saturated heterocycles. The molecule has 2 fully saturated rings. The van der Waals surface area contributed by atoms with E-state index >= 15 is 0 Å². The van der Waals surface area contributed by atoms with Crippen LogP contribution < -0.4 is 5.32 Å². The highest BCUT2D eigenvalue weighted by Crippen LogP contribution is 2.31. The average molecular weight is 312 g/mol. The predicted molar refractivity (Wildman–Crippen MR) is 82.8 cm³/mol. The fourth-order valence-corrected chi connectivity index (χ4v) is 3.85. The van der Waals surface area contributed by atoms with Crippen molar-refractivity contribution in [1.82, 2.24) is 10.2 Å². The van der Waals surface area contributed by atoms with Gasteiger partial charge in [0, 0.05) is 25.4 Å². The Balaban J connectivity index is 1.82. The van der Waals surface area contributed by atoms with Crippen LogP contribution >= 0.6 is 11.8 Å². The van der Waals surface area contributed by atoms with Crippen molar-refractivity contribution in [1.29, 1.82) is 0 Å². The van der Waals surface area contributed by atoms with E-state index < -0.39 is 0 Å². The van der Waals surface area contributed by atoms with Crippen molar-refractivity contribution in [2.45, 2.75) is 44.3 Å². The lowest BCUT2D eigenvalue weighted by Crippen LogP contribution is -2.38. The predicted octanol–water partition coefficient (Wildman–Crippen LogP) is 1.42. The van der Waals surface area contributed by atoms with E-state index in [1.807, 2.05) is 13.2 Å². The summed E-state index contributed by atoms with van der Waals surface area (Å²) in [5, 5.41) is 2.68. The minimum Gasteiger partial charge on any atom is -0.356 e. The normalized spacial score (nSPS) is 29.8. The SMILES string of the molecule is CCNC(=O)C1CCC(CN2C(=O)CC(SC)C2=O)CC1. The van der Waals surface area contributed by atoms with Crippen LogP contribution in [0.4, 0.5) is 0 Å². The lowest BCUT2D eigenvalue weighted by molar-refractivity contribution is -0.139. The monoisotopic (exact) mass is 312 g/mol. The number of nitrogens with zero attached hydrogens (tertiary/aromatic N) is 1. The van der Waals surface area contributed by atoms with Crippen LogP contribution in [0.25, 0.3) is 0 Å². The number of rotatable bonds is 5. The molecule has 1 aliphatic heterocycles. The fourth-order valence-electron chi connectivity index (χ4n) is 3.21. The Morgan fingerprint density at radius 1 is 1.29 bits per heavy atom. The molecule has 0 aromatic rings. The molecule has 2 rings (SSSR count). The molecule has 5 nitrogen and oxygen atoms in total. The molecular formula is C15H24N2O3S. The number of hydrogen-bond acceptors (Lipinski definition) is 4. The van der Waals surface area contributed by atoms with Gasteiger partial charge in [0.05, 0.1) is 5.25 Å². The van der Waals surface area contributed by atoms with Crippen molar-refractivity contribution in [3.8, 4) is 0 Å². The van der Waals surface area contributed by atoms with Crippen LogP contribution in [0.15, 0.2) is 0 Å². The number of likely N-dealkylation sites (tertiary alicyclic amines) is 1. The standard InChI is InChI=1S/C15H24N2O3S/c1-3-16-14(19)11-6-4-10(5-7-11)9-17-13(18)8-12(21-2)15(17)20/h10-12H,3-9H2,1-2H3,(H,16,19). The number of hydrogen-bond donors (Lipinski definition) is 1. The molecule has 1 saturated carbocycles. The maximum atomic E-state index is 12.1. The van der Waals surface area contributed by atoms with Gasteiger partial charge in [-0.2, -0.15) is 11.8 Å². The third-order valence-corrected chi connectivity index (χ3v) is 5.43. The van der Waals surface area contributed by atoms with E-state index in [0.29, 0.717) is 25.4 Å². The van der Waals surface area contributed by atoms with Crippen LogP contribution in [0, 0.1) is 11.8 Å². The van der Waals surface area contributed by atoms with Gasteiger partial charge in [0.15, 0.2) is 0 Å². The number of amides is 3. The van der Waals surface area contributed by atoms with E-state index in [-0.39, 0.29) is 28.9 Å². The number of nitrogens with one attached hydrogen (secondary N) is 1. The number of carbonyl (C=O) groups excluding carboxylic acids is 3. The Morgan fingerprint density at radius 2 is 1.95 bits per heavy atom. The summed E-state index contributed by atoms with van der Waals surface area (Å²) in [7, 11) is 0. The first-order valence-electron chi connectivity index (χ1n) is 7.71. The lowest BCUT2D eigenvalue weighted by atomic mass is 9.81. The number of carbonyl (C=O) groups is 3. The smallest absolute Gasteiger partial charge is 0.242 e. The zero-order valence-corrected chi connectivity index (χ0v) is 13.6. The number of imide groups is 1. The van der Waals surface area contributed by atoms with Gasteiger partial charge in [-0.15, -0.1) is 0 Å². The lowest BCUT2D eigenvalue weighted by Gasteiger charge is -2.30. The van der Waals surface area contributed by atoms with Gasteiger partial charge in [0.2, 0.25) is 17.7 Å². The van der Waals surface area contributed by atoms with Gasteiger partial charge in [-0.1, -0.05) is 0 Å². The summed E-state index contributed by atoms with van der Waals surface area (Å²) in [6, 6.07) is 0. The van der Waals surface area contributed by atoms with Gasteiger partial charge < -0.3 is 5.32 Å². The van der Waals surface area contributed by atoms with Crippen LogP contribution in [0.5, 0.6) is 0 Å². The summed E-state index contributed by atoms with van der Waals surface area (Å²) < 4.78 is 0. The second-order valence-corrected chi connectivity index (χ2v) is 6.92. The first-order chi connectivity index (χ1) is 10.1. The van der Waals surface area contributed by atoms with Gasteiger partial charge in [-0.3, -0.25) is 19.3 Å². The maximum Gasteiger partial charge on any atom is 0.242 e. The summed E-state index contributed by atoms with van der Waals surface area (Å²) in [4.78, 5) is 37.3. The molecule has 1 unspecified atom stereocenters. The molecule has 6 heteroatoms. The van der Waals surface area contributed by atoms with Crippen molar-refractivity contribution in [2.75, 3.05) is 19.3 Å². The van der Waals surface area contributed by atoms with Gasteiger partial charge >= 0.3 is 0 Å². The third-order valence-electron chi connectivity index (χ3n) is 4.50. The zero-order valence-electron chi connectivity index (χ0n) is 12.8. The highest BCUT2D eigenvalue weighted by atomic mass is 32.2. The van der Waals surface area contributed by atoms with Crippen LogP contribution in [0.3, 0.4) is 0 Å². The van der Waals surface area contributed by atoms with Crippen molar-refractivity contribution in [2.24, 2.45) is 11.8 Å². The summed E-state index contributed by atoms with van der Waals surface area (Å²) >= 11 is 1.45. The minimum absolute atomic E-state index is 0.0293. The Bertz CT molecular complexity index is 419. The van der Waals surface area contributed by atoms with E-state index in [1.54, 1.807) is 0 Å². The molecule has 0 bridgehead atoms. The van der Waals surface area contributed by atoms with Gasteiger partial charge in [0.25, 0.3) is 0 Å². The van der Waals surface area contributed by atoms with E-state index in [2.05, 4.69) is 5.32 Å². The molecule has 1 aliphatic carbocycles. The van der Waals surface area contributed by atoms with Gasteiger partial charge in [-0.05, 0) is 44.8 Å². The molecule has 2 aliphatic rings. The quantitative estimate of drug-likeness (QED) is 0.780. The molecule has 1 heterocycles. The molecular weight excluding hydrogens is 288 g/mol. The molecule has 0 spiro atoms. The second kappa shape index (κ2) is 7.29.